The van der Waals surface area contributed by atoms with Crippen LogP contribution in [0.25, 0.3) is 5.00 Å². The zero-order chi connectivity index (χ0) is 29.8. The molecule has 0 radical (unpaired) electrons. The van der Waals surface area contributed by atoms with Gasteiger partial charge in [-0.2, -0.15) is 0 Å². The van der Waals surface area contributed by atoms with Crippen molar-refractivity contribution in [2.24, 2.45) is 10.7 Å². The normalized spacial score (nSPS) is 13.7. The van der Waals surface area contributed by atoms with Gasteiger partial charge in [-0.3, -0.25) is 19.1 Å². The molecule has 0 aliphatic carbocycles. The second kappa shape index (κ2) is 12.7. The van der Waals surface area contributed by atoms with Gasteiger partial charge in [0.05, 0.1) is 24.2 Å². The number of nitrogens with two attached hydrogens (primary N) is 1. The quantitative estimate of drug-likeness (QED) is 0.205. The predicted molar refractivity (Wildman–Crippen MR) is 162 cm³/mol. The third-order valence-corrected chi connectivity index (χ3v) is 8.30. The van der Waals surface area contributed by atoms with Crippen molar-refractivity contribution in [1.82, 2.24) is 25.4 Å². The number of halogens is 1. The average Bonchev–Trinajstić information content (AvgIpc) is 3.65. The van der Waals surface area contributed by atoms with Crippen LogP contribution in [-0.2, 0) is 4.79 Å². The van der Waals surface area contributed by atoms with Crippen LogP contribution in [0.2, 0.25) is 5.02 Å². The number of rotatable bonds is 8. The largest absolute Gasteiger partial charge is 0.458 e. The lowest BCUT2D eigenvalue weighted by Gasteiger charge is -2.13. The van der Waals surface area contributed by atoms with Crippen molar-refractivity contribution in [3.63, 3.8) is 0 Å². The number of nitrogens with zero attached hydrogens (tertiary/aromatic N) is 4. The van der Waals surface area contributed by atoms with Gasteiger partial charge in [0.1, 0.15) is 23.1 Å². The fraction of sp³-hybridized carbons (Fsp3) is 0.300. The second-order valence-electron chi connectivity index (χ2n) is 9.77. The molecule has 5 rings (SSSR count). The summed E-state index contributed by atoms with van der Waals surface area (Å²) in [6.07, 6.45) is 2.04. The number of hydrogen-bond acceptors (Lipinski definition) is 8. The number of hydrogen-bond donors (Lipinski definition) is 3. The van der Waals surface area contributed by atoms with Crippen LogP contribution in [-0.4, -0.2) is 51.9 Å². The number of carbonyl (C=O) groups excluding carboxylic acids is 2. The summed E-state index contributed by atoms with van der Waals surface area (Å²) in [5, 5.41) is 16.1. The average molecular weight is 604 g/mol. The number of amides is 2. The van der Waals surface area contributed by atoms with Crippen molar-refractivity contribution in [1.29, 1.82) is 0 Å². The molecule has 10 nitrogen and oxygen atoms in total. The van der Waals surface area contributed by atoms with Gasteiger partial charge in [0.2, 0.25) is 5.91 Å². The zero-order valence-electron chi connectivity index (χ0n) is 23.5. The fourth-order valence-corrected chi connectivity index (χ4v) is 6.00. The Kier molecular flexibility index (Phi) is 8.87. The molecule has 3 aromatic heterocycles. The molecule has 0 fully saturated rings. The summed E-state index contributed by atoms with van der Waals surface area (Å²) >= 11 is 7.84. The van der Waals surface area contributed by atoms with E-state index in [2.05, 4.69) is 46.5 Å². The molecule has 4 heterocycles. The molecular weight excluding hydrogens is 574 g/mol. The van der Waals surface area contributed by atoms with Crippen molar-refractivity contribution in [2.45, 2.75) is 39.7 Å². The van der Waals surface area contributed by atoms with E-state index in [0.717, 1.165) is 33.2 Å². The van der Waals surface area contributed by atoms with Gasteiger partial charge in [-0.1, -0.05) is 35.6 Å². The zero-order valence-corrected chi connectivity index (χ0v) is 25.0. The first kappa shape index (κ1) is 29.3. The SMILES string of the molecule is Cc1sc2c(c1C)C(c1ccc(Cl)cc1)=N[C@@H](CC(=O)NCCCNC(=O)c1cc(C#CCN)co1)c1nnc(C)n1-2. The molecule has 42 heavy (non-hydrogen) atoms. The Balaban J connectivity index is 1.27. The molecule has 216 valence electrons. The molecule has 0 spiro atoms. The monoisotopic (exact) mass is 603 g/mol. The van der Waals surface area contributed by atoms with Crippen LogP contribution in [0.1, 0.15) is 68.2 Å². The molecule has 1 aliphatic rings. The number of nitrogens with one attached hydrogen (secondary N) is 2. The maximum atomic E-state index is 13.1. The van der Waals surface area contributed by atoms with Crippen molar-refractivity contribution in [3.8, 4) is 16.8 Å². The fourth-order valence-electron chi connectivity index (χ4n) is 4.66. The first-order valence-electron chi connectivity index (χ1n) is 13.5. The minimum atomic E-state index is -0.550. The van der Waals surface area contributed by atoms with Crippen molar-refractivity contribution in [3.05, 3.63) is 86.2 Å². The molecule has 12 heteroatoms. The number of aliphatic imine (C=N–C) groups is 1. The van der Waals surface area contributed by atoms with Crippen molar-refractivity contribution in [2.75, 3.05) is 19.6 Å². The minimum Gasteiger partial charge on any atom is -0.458 e. The molecule has 4 aromatic rings. The number of benzene rings is 1. The van der Waals surface area contributed by atoms with Gasteiger partial charge < -0.3 is 20.8 Å². The Morgan fingerprint density at radius 3 is 2.67 bits per heavy atom. The number of aryl methyl sites for hydroxylation is 2. The van der Waals surface area contributed by atoms with Gasteiger partial charge in [-0.25, -0.2) is 0 Å². The van der Waals surface area contributed by atoms with E-state index in [1.807, 2.05) is 35.8 Å². The maximum Gasteiger partial charge on any atom is 0.287 e. The molecule has 4 N–H and O–H groups in total. The molecule has 0 saturated heterocycles. The van der Waals surface area contributed by atoms with E-state index in [-0.39, 0.29) is 30.5 Å². The lowest BCUT2D eigenvalue weighted by molar-refractivity contribution is -0.121. The summed E-state index contributed by atoms with van der Waals surface area (Å²) in [5.74, 6) is 6.52. The van der Waals surface area contributed by atoms with Crippen LogP contribution in [0, 0.1) is 32.6 Å². The molecule has 2 amide bonds. The Labute approximate surface area is 252 Å². The van der Waals surface area contributed by atoms with Gasteiger partial charge in [-0.05, 0) is 44.9 Å². The third kappa shape index (κ3) is 6.16. The summed E-state index contributed by atoms with van der Waals surface area (Å²) in [5.41, 5.74) is 9.80. The molecule has 1 atom stereocenters. The van der Waals surface area contributed by atoms with Crippen LogP contribution >= 0.6 is 22.9 Å². The van der Waals surface area contributed by atoms with Crippen LogP contribution in [0.5, 0.6) is 0 Å². The lowest BCUT2D eigenvalue weighted by atomic mass is 9.99. The highest BCUT2D eigenvalue weighted by Crippen LogP contribution is 2.39. The Morgan fingerprint density at radius 2 is 1.90 bits per heavy atom. The second-order valence-corrected chi connectivity index (χ2v) is 11.4. The van der Waals surface area contributed by atoms with Crippen molar-refractivity contribution < 1.29 is 14.0 Å². The van der Waals surface area contributed by atoms with Gasteiger partial charge in [0.25, 0.3) is 5.91 Å². The lowest BCUT2D eigenvalue weighted by Crippen LogP contribution is -2.30. The predicted octanol–water partition coefficient (Wildman–Crippen LogP) is 4.03. The number of thiophene rings is 1. The van der Waals surface area contributed by atoms with E-state index in [1.165, 1.54) is 11.1 Å². The summed E-state index contributed by atoms with van der Waals surface area (Å²) in [6.45, 7) is 7.04. The van der Waals surface area contributed by atoms with Crippen LogP contribution in [0.3, 0.4) is 0 Å². The summed E-state index contributed by atoms with van der Waals surface area (Å²) in [4.78, 5) is 31.7. The van der Waals surface area contributed by atoms with Gasteiger partial charge in [0, 0.05) is 40.2 Å². The van der Waals surface area contributed by atoms with E-state index in [0.29, 0.717) is 35.9 Å². The Bertz CT molecular complexity index is 1720. The van der Waals surface area contributed by atoms with E-state index >= 15 is 0 Å². The van der Waals surface area contributed by atoms with Crippen molar-refractivity contribution >= 4 is 40.5 Å². The molecule has 0 bridgehead atoms. The first-order chi connectivity index (χ1) is 20.3. The van der Waals surface area contributed by atoms with E-state index in [1.54, 1.807) is 17.4 Å². The number of carbonyl (C=O) groups is 2. The molecular formula is C30H30ClN7O3S. The van der Waals surface area contributed by atoms with Crippen LogP contribution < -0.4 is 16.4 Å². The Hall–Kier alpha value is -4.24. The summed E-state index contributed by atoms with van der Waals surface area (Å²) in [7, 11) is 0. The highest BCUT2D eigenvalue weighted by Gasteiger charge is 2.32. The standard InChI is InChI=1S/C30H30ClN7O3S/c1-17-18(2)42-30-26(17)27(21-7-9-22(31)10-8-21)35-23(28-37-36-19(3)38(28)30)15-25(39)33-12-5-13-34-29(40)24-14-20(16-41-24)6-4-11-32/h7-10,14,16,23H,5,11-13,15,32H2,1-3H3,(H,33,39)(H,34,40)/t23-/m0/s1. The molecule has 0 saturated carbocycles. The number of aromatic nitrogens is 3. The molecule has 1 aliphatic heterocycles. The highest BCUT2D eigenvalue weighted by atomic mass is 35.5. The topological polar surface area (TPSA) is 140 Å². The van der Waals surface area contributed by atoms with E-state index < -0.39 is 6.04 Å². The minimum absolute atomic E-state index is 0.0908. The number of fused-ring (bicyclic) bond motifs is 3. The molecule has 1 aromatic carbocycles. The molecule has 0 unspecified atom stereocenters. The highest BCUT2D eigenvalue weighted by molar-refractivity contribution is 7.15. The van der Waals surface area contributed by atoms with Crippen LogP contribution in [0.4, 0.5) is 0 Å². The summed E-state index contributed by atoms with van der Waals surface area (Å²) in [6, 6.07) is 8.58. The van der Waals surface area contributed by atoms with Gasteiger partial charge in [0.15, 0.2) is 11.6 Å². The maximum absolute atomic E-state index is 13.1. The van der Waals surface area contributed by atoms with Crippen LogP contribution in [0.15, 0.2) is 46.0 Å². The summed E-state index contributed by atoms with van der Waals surface area (Å²) < 4.78 is 7.28. The first-order valence-corrected chi connectivity index (χ1v) is 14.6. The number of furan rings is 1. The van der Waals surface area contributed by atoms with Gasteiger partial charge in [-0.15, -0.1) is 21.5 Å². The van der Waals surface area contributed by atoms with E-state index in [9.17, 15) is 9.59 Å². The van der Waals surface area contributed by atoms with Gasteiger partial charge >= 0.3 is 0 Å². The Morgan fingerprint density at radius 1 is 1.14 bits per heavy atom. The van der Waals surface area contributed by atoms with E-state index in [4.69, 9.17) is 26.7 Å². The smallest absolute Gasteiger partial charge is 0.287 e. The third-order valence-electron chi connectivity index (χ3n) is 6.86.